The fourth-order valence-electron chi connectivity index (χ4n) is 5.09. The van der Waals surface area contributed by atoms with E-state index in [1.807, 2.05) is 6.92 Å². The second-order valence-corrected chi connectivity index (χ2v) is 11.9. The molecular formula is C29H38F3N5O5. The first-order valence-electron chi connectivity index (χ1n) is 13.9. The zero-order valence-corrected chi connectivity index (χ0v) is 24.7. The molecule has 2 fully saturated rings. The van der Waals surface area contributed by atoms with Crippen LogP contribution in [-0.2, 0) is 25.4 Å². The van der Waals surface area contributed by atoms with Crippen molar-refractivity contribution in [3.05, 3.63) is 52.2 Å². The summed E-state index contributed by atoms with van der Waals surface area (Å²) in [6.07, 6.45) is -3.90. The molecule has 1 unspecified atom stereocenters. The Morgan fingerprint density at radius 3 is 2.50 bits per heavy atom. The summed E-state index contributed by atoms with van der Waals surface area (Å²) in [6, 6.07) is 3.07. The number of amides is 2. The number of likely N-dealkylation sites (tertiary alicyclic amines) is 1. The number of aromatic nitrogens is 2. The van der Waals surface area contributed by atoms with Crippen LogP contribution in [0.15, 0.2) is 18.2 Å². The Hall–Kier alpha value is -3.45. The molecule has 2 N–H and O–H groups in total. The van der Waals surface area contributed by atoms with Crippen molar-refractivity contribution in [1.29, 1.82) is 0 Å². The van der Waals surface area contributed by atoms with Crippen LogP contribution in [0.3, 0.4) is 0 Å². The number of benzene rings is 1. The number of ether oxygens (including phenoxy) is 3. The van der Waals surface area contributed by atoms with Crippen molar-refractivity contribution in [2.45, 2.75) is 84.3 Å². The number of aryl methyl sites for hydroxylation is 1. The van der Waals surface area contributed by atoms with Gasteiger partial charge in [-0.3, -0.25) is 4.79 Å². The lowest BCUT2D eigenvalue weighted by Crippen LogP contribution is -2.49. The van der Waals surface area contributed by atoms with Gasteiger partial charge in [-0.05, 0) is 48.0 Å². The zero-order chi connectivity index (χ0) is 30.8. The van der Waals surface area contributed by atoms with Crippen LogP contribution in [0.5, 0.6) is 0 Å². The van der Waals surface area contributed by atoms with Crippen molar-refractivity contribution in [2.75, 3.05) is 31.6 Å². The fourth-order valence-corrected chi connectivity index (χ4v) is 5.09. The van der Waals surface area contributed by atoms with E-state index in [0.717, 1.165) is 6.07 Å². The van der Waals surface area contributed by atoms with Gasteiger partial charge in [0.15, 0.2) is 6.29 Å². The van der Waals surface area contributed by atoms with E-state index < -0.39 is 47.4 Å². The van der Waals surface area contributed by atoms with Gasteiger partial charge >= 0.3 is 6.09 Å². The van der Waals surface area contributed by atoms with Crippen molar-refractivity contribution in [2.24, 2.45) is 0 Å². The quantitative estimate of drug-likeness (QED) is 0.433. The third-order valence-electron chi connectivity index (χ3n) is 7.00. The average molecular weight is 594 g/mol. The van der Waals surface area contributed by atoms with Gasteiger partial charge in [-0.15, -0.1) is 0 Å². The predicted molar refractivity (Wildman–Crippen MR) is 147 cm³/mol. The van der Waals surface area contributed by atoms with Crippen LogP contribution in [-0.4, -0.2) is 64.3 Å². The smallest absolute Gasteiger partial charge is 0.410 e. The third-order valence-corrected chi connectivity index (χ3v) is 7.00. The molecule has 2 amide bonds. The van der Waals surface area contributed by atoms with Crippen molar-refractivity contribution in [3.8, 4) is 0 Å². The number of anilines is 1. The first-order valence-corrected chi connectivity index (χ1v) is 13.9. The Balaban J connectivity index is 1.55. The molecule has 1 aromatic carbocycles. The number of rotatable bonds is 8. The fraction of sp³-hybridized carbons (Fsp3) is 0.586. The second kappa shape index (κ2) is 12.4. The number of carbonyl (C=O) groups excluding carboxylic acids is 2. The van der Waals surface area contributed by atoms with E-state index in [4.69, 9.17) is 14.2 Å². The van der Waals surface area contributed by atoms with Gasteiger partial charge in [-0.25, -0.2) is 27.9 Å². The molecule has 2 aromatic rings. The molecule has 0 spiro atoms. The SMILES string of the molecule is Cc1nc(CC(=O)NC2(C)CCN(C(=O)OC(C)(C)C)C2)c(C2OCCO2)c(N[C@H](C)c2cccc(C(F)F)c2F)n1. The second-order valence-electron chi connectivity index (χ2n) is 11.9. The normalized spacial score (nSPS) is 20.2. The van der Waals surface area contributed by atoms with Gasteiger partial charge in [0, 0.05) is 18.7 Å². The summed E-state index contributed by atoms with van der Waals surface area (Å²) >= 11 is 0. The summed E-state index contributed by atoms with van der Waals surface area (Å²) in [4.78, 5) is 36.4. The van der Waals surface area contributed by atoms with Crippen LogP contribution in [0.1, 0.15) is 88.0 Å². The lowest BCUT2D eigenvalue weighted by atomic mass is 10.0. The number of nitrogens with one attached hydrogen (secondary N) is 2. The maximum Gasteiger partial charge on any atom is 0.410 e. The lowest BCUT2D eigenvalue weighted by molar-refractivity contribution is -0.122. The highest BCUT2D eigenvalue weighted by Crippen LogP contribution is 2.35. The number of carbonyl (C=O) groups is 2. The van der Waals surface area contributed by atoms with Crippen LogP contribution in [0, 0.1) is 12.7 Å². The molecule has 0 bridgehead atoms. The molecule has 42 heavy (non-hydrogen) atoms. The maximum atomic E-state index is 14.9. The molecule has 1 aromatic heterocycles. The minimum Gasteiger partial charge on any atom is -0.444 e. The number of halogens is 3. The molecule has 2 atom stereocenters. The minimum atomic E-state index is -2.96. The predicted octanol–water partition coefficient (Wildman–Crippen LogP) is 5.14. The van der Waals surface area contributed by atoms with Crippen molar-refractivity contribution >= 4 is 17.8 Å². The zero-order valence-electron chi connectivity index (χ0n) is 24.7. The molecule has 2 aliphatic rings. The molecule has 0 radical (unpaired) electrons. The minimum absolute atomic E-state index is 0.0336. The summed E-state index contributed by atoms with van der Waals surface area (Å²) in [5.41, 5.74) is -1.26. The summed E-state index contributed by atoms with van der Waals surface area (Å²) in [5, 5.41) is 6.12. The molecule has 13 heteroatoms. The van der Waals surface area contributed by atoms with Crippen LogP contribution < -0.4 is 10.6 Å². The highest BCUT2D eigenvalue weighted by molar-refractivity contribution is 5.80. The molecule has 2 saturated heterocycles. The van der Waals surface area contributed by atoms with Crippen LogP contribution >= 0.6 is 0 Å². The summed E-state index contributed by atoms with van der Waals surface area (Å²) in [5.74, 6) is -0.762. The van der Waals surface area contributed by atoms with E-state index in [1.54, 1.807) is 39.5 Å². The molecule has 4 rings (SSSR count). The average Bonchev–Trinajstić information content (AvgIpc) is 3.53. The lowest BCUT2D eigenvalue weighted by Gasteiger charge is -2.28. The van der Waals surface area contributed by atoms with Crippen molar-refractivity contribution in [3.63, 3.8) is 0 Å². The molecule has 10 nitrogen and oxygen atoms in total. The van der Waals surface area contributed by atoms with Crippen LogP contribution in [0.2, 0.25) is 0 Å². The van der Waals surface area contributed by atoms with Gasteiger partial charge in [-0.2, -0.15) is 0 Å². The summed E-state index contributed by atoms with van der Waals surface area (Å²) in [6.45, 7) is 11.8. The Labute approximate surface area is 243 Å². The van der Waals surface area contributed by atoms with Gasteiger partial charge < -0.3 is 29.7 Å². The van der Waals surface area contributed by atoms with E-state index in [9.17, 15) is 22.8 Å². The van der Waals surface area contributed by atoms with Crippen LogP contribution in [0.25, 0.3) is 0 Å². The van der Waals surface area contributed by atoms with Gasteiger partial charge in [-0.1, -0.05) is 18.2 Å². The molecular weight excluding hydrogens is 555 g/mol. The van der Waals surface area contributed by atoms with Crippen molar-refractivity contribution in [1.82, 2.24) is 20.2 Å². The Kier molecular flexibility index (Phi) is 9.31. The summed E-state index contributed by atoms with van der Waals surface area (Å²) < 4.78 is 58.5. The Morgan fingerprint density at radius 1 is 1.19 bits per heavy atom. The first kappa shape index (κ1) is 31.5. The van der Waals surface area contributed by atoms with E-state index in [2.05, 4.69) is 20.6 Å². The number of alkyl halides is 2. The van der Waals surface area contributed by atoms with Gasteiger partial charge in [0.1, 0.15) is 23.1 Å². The van der Waals surface area contributed by atoms with Gasteiger partial charge in [0.2, 0.25) is 5.91 Å². The summed E-state index contributed by atoms with van der Waals surface area (Å²) in [7, 11) is 0. The monoisotopic (exact) mass is 593 g/mol. The Morgan fingerprint density at radius 2 is 1.86 bits per heavy atom. The number of hydrogen-bond donors (Lipinski definition) is 2. The molecule has 3 heterocycles. The van der Waals surface area contributed by atoms with Crippen LogP contribution in [0.4, 0.5) is 23.8 Å². The molecule has 230 valence electrons. The molecule has 0 aliphatic carbocycles. The largest absolute Gasteiger partial charge is 0.444 e. The van der Waals surface area contributed by atoms with Gasteiger partial charge in [0.05, 0.1) is 48.0 Å². The topological polar surface area (TPSA) is 115 Å². The number of hydrogen-bond acceptors (Lipinski definition) is 8. The number of nitrogens with zero attached hydrogens (tertiary/aromatic N) is 3. The van der Waals surface area contributed by atoms with E-state index in [-0.39, 0.29) is 30.3 Å². The van der Waals surface area contributed by atoms with Crippen molar-refractivity contribution < 1.29 is 37.0 Å². The third kappa shape index (κ3) is 7.49. The molecule has 2 aliphatic heterocycles. The maximum absolute atomic E-state index is 14.9. The van der Waals surface area contributed by atoms with Gasteiger partial charge in [0.25, 0.3) is 6.43 Å². The van der Waals surface area contributed by atoms with E-state index >= 15 is 0 Å². The van der Waals surface area contributed by atoms with E-state index in [0.29, 0.717) is 43.3 Å². The first-order chi connectivity index (χ1) is 19.7. The molecule has 0 saturated carbocycles. The highest BCUT2D eigenvalue weighted by Gasteiger charge is 2.39. The standard InChI is InChI=1S/C29H38F3N5O5/c1-16(18-8-7-9-19(23(18)30)24(31)32)33-25-22(26-40-12-13-41-26)20(34-17(2)35-25)14-21(38)36-29(6)10-11-37(15-29)27(39)42-28(3,4)5/h7-9,16,24,26H,10-15H2,1-6H3,(H,36,38)(H,33,34,35)/t16-,29?/m1/s1. The highest BCUT2D eigenvalue weighted by atomic mass is 19.3. The van der Waals surface area contributed by atoms with E-state index in [1.165, 1.54) is 12.1 Å². The Bertz CT molecular complexity index is 1320.